The van der Waals surface area contributed by atoms with Gasteiger partial charge in [0.25, 0.3) is 5.91 Å². The van der Waals surface area contributed by atoms with Gasteiger partial charge in [-0.2, -0.15) is 5.10 Å². The van der Waals surface area contributed by atoms with Crippen molar-refractivity contribution < 1.29 is 9.53 Å². The lowest BCUT2D eigenvalue weighted by molar-refractivity contribution is -0.00295. The third-order valence-corrected chi connectivity index (χ3v) is 5.08. The molecule has 1 aliphatic rings. The second kappa shape index (κ2) is 8.95. The normalized spacial score (nSPS) is 19.6. The SMILES string of the molecule is Cc1cc(=O)c(C(=O)NCCOC2CCCCC2C)nn1-c1ccccc1. The lowest BCUT2D eigenvalue weighted by Gasteiger charge is -2.28. The van der Waals surface area contributed by atoms with Gasteiger partial charge in [0, 0.05) is 18.3 Å². The van der Waals surface area contributed by atoms with Crippen molar-refractivity contribution in [2.24, 2.45) is 5.92 Å². The maximum Gasteiger partial charge on any atom is 0.275 e. The number of hydrogen-bond donors (Lipinski definition) is 1. The molecule has 2 atom stereocenters. The highest BCUT2D eigenvalue weighted by molar-refractivity contribution is 5.92. The summed E-state index contributed by atoms with van der Waals surface area (Å²) >= 11 is 0. The van der Waals surface area contributed by atoms with Crippen LogP contribution in [0, 0.1) is 12.8 Å². The van der Waals surface area contributed by atoms with E-state index in [-0.39, 0.29) is 17.2 Å². The Bertz CT molecular complexity index is 832. The van der Waals surface area contributed by atoms with E-state index in [4.69, 9.17) is 4.74 Å². The van der Waals surface area contributed by atoms with Crippen LogP contribution in [0.25, 0.3) is 5.69 Å². The number of aryl methyl sites for hydroxylation is 1. The van der Waals surface area contributed by atoms with Crippen LogP contribution in [-0.4, -0.2) is 34.9 Å². The maximum absolute atomic E-state index is 12.4. The van der Waals surface area contributed by atoms with E-state index < -0.39 is 5.91 Å². The summed E-state index contributed by atoms with van der Waals surface area (Å²) in [6.07, 6.45) is 5.02. The van der Waals surface area contributed by atoms with Crippen molar-refractivity contribution in [3.63, 3.8) is 0 Å². The van der Waals surface area contributed by atoms with E-state index in [0.717, 1.165) is 12.1 Å². The zero-order valence-electron chi connectivity index (χ0n) is 16.0. The summed E-state index contributed by atoms with van der Waals surface area (Å²) in [7, 11) is 0. The quantitative estimate of drug-likeness (QED) is 0.795. The largest absolute Gasteiger partial charge is 0.376 e. The van der Waals surface area contributed by atoms with E-state index in [9.17, 15) is 9.59 Å². The highest BCUT2D eigenvalue weighted by Crippen LogP contribution is 2.25. The fourth-order valence-electron chi connectivity index (χ4n) is 3.52. The molecule has 1 fully saturated rings. The van der Waals surface area contributed by atoms with E-state index in [2.05, 4.69) is 17.3 Å². The van der Waals surface area contributed by atoms with E-state index in [0.29, 0.717) is 24.8 Å². The number of hydrogen-bond acceptors (Lipinski definition) is 4. The molecule has 3 rings (SSSR count). The topological polar surface area (TPSA) is 73.2 Å². The van der Waals surface area contributed by atoms with Crippen molar-refractivity contribution in [3.8, 4) is 5.69 Å². The fourth-order valence-corrected chi connectivity index (χ4v) is 3.52. The lowest BCUT2D eigenvalue weighted by Crippen LogP contribution is -2.35. The highest BCUT2D eigenvalue weighted by atomic mass is 16.5. The van der Waals surface area contributed by atoms with E-state index in [1.165, 1.54) is 25.3 Å². The number of carbonyl (C=O) groups is 1. The Labute approximate surface area is 159 Å². The first-order chi connectivity index (χ1) is 13.1. The first-order valence-corrected chi connectivity index (χ1v) is 9.62. The molecule has 1 saturated carbocycles. The predicted octanol–water partition coefficient (Wildman–Crippen LogP) is 2.87. The van der Waals surface area contributed by atoms with Gasteiger partial charge in [-0.25, -0.2) is 4.68 Å². The molecule has 1 aromatic carbocycles. The van der Waals surface area contributed by atoms with Gasteiger partial charge in [-0.3, -0.25) is 9.59 Å². The van der Waals surface area contributed by atoms with Crippen molar-refractivity contribution in [1.29, 1.82) is 0 Å². The Hall–Kier alpha value is -2.47. The summed E-state index contributed by atoms with van der Waals surface area (Å²) in [6.45, 7) is 4.81. The number of carbonyl (C=O) groups excluding carboxylic acids is 1. The van der Waals surface area contributed by atoms with Gasteiger partial charge in [0.2, 0.25) is 5.43 Å². The molecule has 0 radical (unpaired) electrons. The van der Waals surface area contributed by atoms with Crippen molar-refractivity contribution in [1.82, 2.24) is 15.1 Å². The van der Waals surface area contributed by atoms with E-state index in [1.54, 1.807) is 11.6 Å². The molecule has 0 spiro atoms. The molecule has 6 nitrogen and oxygen atoms in total. The number of rotatable bonds is 6. The fraction of sp³-hybridized carbons (Fsp3) is 0.476. The molecule has 6 heteroatoms. The molecular weight excluding hydrogens is 342 g/mol. The van der Waals surface area contributed by atoms with Crippen LogP contribution in [0.1, 0.15) is 48.8 Å². The van der Waals surface area contributed by atoms with E-state index >= 15 is 0 Å². The van der Waals surface area contributed by atoms with Crippen LogP contribution in [0.15, 0.2) is 41.2 Å². The minimum absolute atomic E-state index is 0.101. The Kier molecular flexibility index (Phi) is 6.40. The van der Waals surface area contributed by atoms with Gasteiger partial charge in [0.1, 0.15) is 0 Å². The molecule has 27 heavy (non-hydrogen) atoms. The third-order valence-electron chi connectivity index (χ3n) is 5.08. The summed E-state index contributed by atoms with van der Waals surface area (Å²) in [5.74, 6) is 0.0938. The van der Waals surface area contributed by atoms with E-state index in [1.807, 2.05) is 30.3 Å². The average molecular weight is 369 g/mol. The van der Waals surface area contributed by atoms with Gasteiger partial charge in [0.05, 0.1) is 18.4 Å². The van der Waals surface area contributed by atoms with Crippen LogP contribution in [-0.2, 0) is 4.74 Å². The van der Waals surface area contributed by atoms with Gasteiger partial charge in [-0.1, -0.05) is 38.0 Å². The molecule has 1 aromatic heterocycles. The molecule has 1 heterocycles. The average Bonchev–Trinajstić information content (AvgIpc) is 2.67. The lowest BCUT2D eigenvalue weighted by atomic mass is 9.88. The second-order valence-electron chi connectivity index (χ2n) is 7.17. The number of benzene rings is 1. The molecule has 1 N–H and O–H groups in total. The van der Waals surface area contributed by atoms with Crippen LogP contribution in [0.3, 0.4) is 0 Å². The molecular formula is C21H27N3O3. The number of para-hydroxylation sites is 1. The van der Waals surface area contributed by atoms with Gasteiger partial charge in [-0.05, 0) is 37.8 Å². The molecule has 0 aliphatic heterocycles. The van der Waals surface area contributed by atoms with Gasteiger partial charge in [0.15, 0.2) is 5.69 Å². The van der Waals surface area contributed by atoms with Gasteiger partial charge < -0.3 is 10.1 Å². The number of ether oxygens (including phenoxy) is 1. The molecule has 1 amide bonds. The number of aromatic nitrogens is 2. The molecule has 0 bridgehead atoms. The molecule has 2 aromatic rings. The number of nitrogens with zero attached hydrogens (tertiary/aromatic N) is 2. The van der Waals surface area contributed by atoms with Crippen molar-refractivity contribution in [2.75, 3.05) is 13.2 Å². The monoisotopic (exact) mass is 369 g/mol. The van der Waals surface area contributed by atoms with Crippen molar-refractivity contribution in [2.45, 2.75) is 45.6 Å². The Morgan fingerprint density at radius 2 is 2.00 bits per heavy atom. The minimum Gasteiger partial charge on any atom is -0.376 e. The molecule has 1 aliphatic carbocycles. The second-order valence-corrected chi connectivity index (χ2v) is 7.17. The molecule has 0 saturated heterocycles. The van der Waals surface area contributed by atoms with Crippen LogP contribution in [0.2, 0.25) is 0 Å². The van der Waals surface area contributed by atoms with Crippen LogP contribution in [0.4, 0.5) is 0 Å². The summed E-state index contributed by atoms with van der Waals surface area (Å²) in [5, 5.41) is 7.03. The smallest absolute Gasteiger partial charge is 0.275 e. The summed E-state index contributed by atoms with van der Waals surface area (Å²) < 4.78 is 7.51. The number of nitrogens with one attached hydrogen (secondary N) is 1. The zero-order valence-corrected chi connectivity index (χ0v) is 16.0. The Morgan fingerprint density at radius 1 is 1.26 bits per heavy atom. The third kappa shape index (κ3) is 4.83. The Morgan fingerprint density at radius 3 is 2.74 bits per heavy atom. The van der Waals surface area contributed by atoms with Crippen LogP contribution < -0.4 is 10.7 Å². The molecule has 144 valence electrons. The number of amides is 1. The van der Waals surface area contributed by atoms with Crippen LogP contribution in [0.5, 0.6) is 0 Å². The maximum atomic E-state index is 12.4. The van der Waals surface area contributed by atoms with Crippen LogP contribution >= 0.6 is 0 Å². The zero-order chi connectivity index (χ0) is 19.2. The summed E-state index contributed by atoms with van der Waals surface area (Å²) in [6, 6.07) is 10.9. The first kappa shape index (κ1) is 19.3. The summed E-state index contributed by atoms with van der Waals surface area (Å²) in [5.41, 5.74) is 1.01. The molecule has 2 unspecified atom stereocenters. The highest BCUT2D eigenvalue weighted by Gasteiger charge is 2.21. The predicted molar refractivity (Wildman–Crippen MR) is 104 cm³/mol. The standard InChI is InChI=1S/C21H27N3O3/c1-15-8-6-7-11-19(15)27-13-12-22-21(26)20-18(25)14-16(2)24(23-20)17-9-4-3-5-10-17/h3-5,9-10,14-15,19H,6-8,11-13H2,1-2H3,(H,22,26). The van der Waals surface area contributed by atoms with Gasteiger partial charge >= 0.3 is 0 Å². The Balaban J connectivity index is 1.62. The summed E-state index contributed by atoms with van der Waals surface area (Å²) in [4.78, 5) is 24.7. The van der Waals surface area contributed by atoms with Crippen molar-refractivity contribution >= 4 is 5.91 Å². The van der Waals surface area contributed by atoms with Crippen molar-refractivity contribution in [3.05, 3.63) is 58.0 Å². The minimum atomic E-state index is -0.468. The first-order valence-electron chi connectivity index (χ1n) is 9.62. The van der Waals surface area contributed by atoms with Gasteiger partial charge in [-0.15, -0.1) is 0 Å².